The third-order valence-corrected chi connectivity index (χ3v) is 6.07. The predicted octanol–water partition coefficient (Wildman–Crippen LogP) is 4.73. The van der Waals surface area contributed by atoms with Crippen LogP contribution in [0.4, 0.5) is 5.69 Å². The van der Waals surface area contributed by atoms with Crippen molar-refractivity contribution in [2.45, 2.75) is 25.8 Å². The first-order valence-electron chi connectivity index (χ1n) is 9.29. The van der Waals surface area contributed by atoms with Gasteiger partial charge in [0.25, 0.3) is 11.8 Å². The number of nitrogens with one attached hydrogen (secondary N) is 1. The number of likely N-dealkylation sites (tertiary alicyclic amines) is 1. The molecule has 0 aliphatic carbocycles. The molecule has 0 spiro atoms. The van der Waals surface area contributed by atoms with E-state index in [9.17, 15) is 9.59 Å². The first-order valence-corrected chi connectivity index (χ1v) is 10.5. The lowest BCUT2D eigenvalue weighted by Crippen LogP contribution is -2.30. The Hall–Kier alpha value is -2.77. The zero-order chi connectivity index (χ0) is 20.4. The number of aryl methyl sites for hydroxylation is 1. The molecule has 1 saturated heterocycles. The second-order valence-corrected chi connectivity index (χ2v) is 8.38. The topological polar surface area (TPSA) is 75.2 Å². The van der Waals surface area contributed by atoms with E-state index in [0.717, 1.165) is 18.4 Å². The van der Waals surface area contributed by atoms with Gasteiger partial charge in [0, 0.05) is 22.8 Å². The summed E-state index contributed by atoms with van der Waals surface area (Å²) in [4.78, 5) is 27.2. The van der Waals surface area contributed by atoms with E-state index in [2.05, 4.69) is 15.5 Å². The fourth-order valence-corrected chi connectivity index (χ4v) is 4.41. The van der Waals surface area contributed by atoms with E-state index >= 15 is 0 Å². The second-order valence-electron chi connectivity index (χ2n) is 6.93. The largest absolute Gasteiger partial charge is 0.329 e. The van der Waals surface area contributed by atoms with E-state index in [1.807, 2.05) is 31.2 Å². The molecule has 1 aliphatic rings. The molecule has 0 radical (unpaired) electrons. The molecule has 1 aliphatic heterocycles. The summed E-state index contributed by atoms with van der Waals surface area (Å²) < 4.78 is 0. The summed E-state index contributed by atoms with van der Waals surface area (Å²) in [5, 5.41) is 12.6. The number of nitrogens with zero attached hydrogens (tertiary/aromatic N) is 3. The molecule has 0 saturated carbocycles. The maximum atomic E-state index is 12.9. The number of carbonyl (C=O) groups is 2. The number of amides is 2. The molecule has 8 heteroatoms. The summed E-state index contributed by atoms with van der Waals surface area (Å²) in [5.41, 5.74) is 2.37. The van der Waals surface area contributed by atoms with Gasteiger partial charge in [0.1, 0.15) is 5.01 Å². The van der Waals surface area contributed by atoms with Crippen LogP contribution < -0.4 is 5.32 Å². The van der Waals surface area contributed by atoms with E-state index in [1.165, 1.54) is 11.3 Å². The maximum Gasteiger partial charge on any atom is 0.286 e. The summed E-state index contributed by atoms with van der Waals surface area (Å²) in [5.74, 6) is -0.390. The fourth-order valence-electron chi connectivity index (χ4n) is 3.34. The van der Waals surface area contributed by atoms with Gasteiger partial charge >= 0.3 is 0 Å². The Balaban J connectivity index is 1.49. The van der Waals surface area contributed by atoms with E-state index < -0.39 is 0 Å². The normalized spacial score (nSPS) is 16.1. The fraction of sp³-hybridized carbons (Fsp3) is 0.238. The van der Waals surface area contributed by atoms with Crippen molar-refractivity contribution in [1.82, 2.24) is 15.1 Å². The molecule has 2 aromatic carbocycles. The van der Waals surface area contributed by atoms with Crippen molar-refractivity contribution in [3.63, 3.8) is 0 Å². The average molecular weight is 427 g/mol. The van der Waals surface area contributed by atoms with Gasteiger partial charge in [0.15, 0.2) is 0 Å². The van der Waals surface area contributed by atoms with Gasteiger partial charge in [0.05, 0.1) is 6.04 Å². The second kappa shape index (κ2) is 8.31. The minimum atomic E-state index is -0.302. The van der Waals surface area contributed by atoms with Gasteiger partial charge < -0.3 is 10.2 Å². The number of anilines is 1. The number of hydrogen-bond donors (Lipinski definition) is 1. The number of benzene rings is 2. The van der Waals surface area contributed by atoms with E-state index in [4.69, 9.17) is 11.6 Å². The molecule has 29 heavy (non-hydrogen) atoms. The molecule has 0 bridgehead atoms. The molecule has 148 valence electrons. The van der Waals surface area contributed by atoms with Crippen molar-refractivity contribution in [3.05, 3.63) is 74.7 Å². The number of carbonyl (C=O) groups excluding carboxylic acids is 2. The van der Waals surface area contributed by atoms with E-state index in [0.29, 0.717) is 27.8 Å². The number of hydrogen-bond acceptors (Lipinski definition) is 5. The highest BCUT2D eigenvalue weighted by Crippen LogP contribution is 2.35. The van der Waals surface area contributed by atoms with Gasteiger partial charge in [-0.15, -0.1) is 10.2 Å². The Kier molecular flexibility index (Phi) is 5.60. The quantitative estimate of drug-likeness (QED) is 0.654. The zero-order valence-electron chi connectivity index (χ0n) is 15.8. The van der Waals surface area contributed by atoms with Crippen LogP contribution in [0.15, 0.2) is 48.5 Å². The van der Waals surface area contributed by atoms with Crippen LogP contribution in [0.3, 0.4) is 0 Å². The van der Waals surface area contributed by atoms with Crippen molar-refractivity contribution in [2.24, 2.45) is 0 Å². The molecule has 6 nitrogen and oxygen atoms in total. The molecule has 4 rings (SSSR count). The minimum absolute atomic E-state index is 0.0872. The molecule has 2 amide bonds. The monoisotopic (exact) mass is 426 g/mol. The van der Waals surface area contributed by atoms with Crippen molar-refractivity contribution in [3.8, 4) is 0 Å². The summed E-state index contributed by atoms with van der Waals surface area (Å²) in [6.45, 7) is 2.63. The number of halogens is 1. The van der Waals surface area contributed by atoms with Crippen molar-refractivity contribution in [2.75, 3.05) is 11.9 Å². The highest BCUT2D eigenvalue weighted by molar-refractivity contribution is 7.13. The Morgan fingerprint density at radius 3 is 2.72 bits per heavy atom. The molecule has 1 fully saturated rings. The number of aromatic nitrogens is 2. The van der Waals surface area contributed by atoms with Crippen LogP contribution in [0, 0.1) is 6.92 Å². The average Bonchev–Trinajstić information content (AvgIpc) is 3.38. The highest BCUT2D eigenvalue weighted by Gasteiger charge is 2.33. The molecule has 3 aromatic rings. The maximum absolute atomic E-state index is 12.9. The number of rotatable bonds is 4. The predicted molar refractivity (Wildman–Crippen MR) is 114 cm³/mol. The van der Waals surface area contributed by atoms with Gasteiger partial charge in [-0.05, 0) is 50.1 Å². The first kappa shape index (κ1) is 19.5. The van der Waals surface area contributed by atoms with Crippen LogP contribution >= 0.6 is 22.9 Å². The molecular weight excluding hydrogens is 408 g/mol. The third-order valence-electron chi connectivity index (χ3n) is 4.81. The van der Waals surface area contributed by atoms with Crippen LogP contribution in [0.25, 0.3) is 0 Å². The Morgan fingerprint density at radius 1 is 1.17 bits per heavy atom. The third kappa shape index (κ3) is 4.31. The lowest BCUT2D eigenvalue weighted by Gasteiger charge is -2.22. The zero-order valence-corrected chi connectivity index (χ0v) is 17.3. The first-order chi connectivity index (χ1) is 14.0. The van der Waals surface area contributed by atoms with Crippen molar-refractivity contribution in [1.29, 1.82) is 0 Å². The van der Waals surface area contributed by atoms with Crippen LogP contribution in [0.1, 0.15) is 49.6 Å². The summed E-state index contributed by atoms with van der Waals surface area (Å²) in [6, 6.07) is 14.3. The van der Waals surface area contributed by atoms with Crippen LogP contribution in [-0.2, 0) is 0 Å². The van der Waals surface area contributed by atoms with Crippen LogP contribution in [0.2, 0.25) is 5.02 Å². The van der Waals surface area contributed by atoms with Crippen molar-refractivity contribution < 1.29 is 9.59 Å². The Bertz CT molecular complexity index is 1050. The van der Waals surface area contributed by atoms with Gasteiger partial charge in [-0.1, -0.05) is 46.7 Å². The summed E-state index contributed by atoms with van der Waals surface area (Å²) in [7, 11) is 0. The Morgan fingerprint density at radius 2 is 1.97 bits per heavy atom. The Labute approximate surface area is 177 Å². The molecule has 2 heterocycles. The molecule has 0 unspecified atom stereocenters. The van der Waals surface area contributed by atoms with Gasteiger partial charge in [0.2, 0.25) is 5.01 Å². The van der Waals surface area contributed by atoms with Gasteiger partial charge in [-0.25, -0.2) is 0 Å². The minimum Gasteiger partial charge on any atom is -0.329 e. The van der Waals surface area contributed by atoms with Gasteiger partial charge in [-0.3, -0.25) is 9.59 Å². The summed E-state index contributed by atoms with van der Waals surface area (Å²) >= 11 is 7.25. The molecule has 1 aromatic heterocycles. The highest BCUT2D eigenvalue weighted by atomic mass is 35.5. The lowest BCUT2D eigenvalue weighted by atomic mass is 10.1. The van der Waals surface area contributed by atoms with Crippen molar-refractivity contribution >= 4 is 40.4 Å². The van der Waals surface area contributed by atoms with E-state index in [-0.39, 0.29) is 22.9 Å². The van der Waals surface area contributed by atoms with Crippen LogP contribution in [-0.4, -0.2) is 33.5 Å². The molecular formula is C21H19ClN4O2S. The standard InChI is InChI=1S/C21H19ClN4O2S/c1-13-7-9-16(10-8-13)23-18(27)20-25-24-19(29-20)17-6-3-11-26(17)21(28)14-4-2-5-15(22)12-14/h2,4-5,7-10,12,17H,3,6,11H2,1H3,(H,23,27)/t17-/m1/s1. The van der Waals surface area contributed by atoms with E-state index in [1.54, 1.807) is 29.2 Å². The molecule has 1 atom stereocenters. The van der Waals surface area contributed by atoms with Crippen LogP contribution in [0.5, 0.6) is 0 Å². The van der Waals surface area contributed by atoms with Gasteiger partial charge in [-0.2, -0.15) is 0 Å². The SMILES string of the molecule is Cc1ccc(NC(=O)c2nnc([C@H]3CCCN3C(=O)c3cccc(Cl)c3)s2)cc1. The lowest BCUT2D eigenvalue weighted by molar-refractivity contribution is 0.0735. The summed E-state index contributed by atoms with van der Waals surface area (Å²) in [6.07, 6.45) is 1.67. The smallest absolute Gasteiger partial charge is 0.286 e. The molecule has 1 N–H and O–H groups in total.